The molecule has 1 aliphatic rings. The third-order valence-electron chi connectivity index (χ3n) is 1.77. The molecule has 1 heterocycles. The van der Waals surface area contributed by atoms with Gasteiger partial charge >= 0.3 is 0 Å². The van der Waals surface area contributed by atoms with E-state index in [0.29, 0.717) is 6.42 Å². The minimum Gasteiger partial charge on any atom is -0.506 e. The van der Waals surface area contributed by atoms with Crippen molar-refractivity contribution in [1.29, 1.82) is 0 Å². The Bertz CT molecular complexity index is 166. The number of hydrogen-bond acceptors (Lipinski definition) is 4. The summed E-state index contributed by atoms with van der Waals surface area (Å²) in [6, 6.07) is 0. The Labute approximate surface area is 64.7 Å². The van der Waals surface area contributed by atoms with Crippen LogP contribution in [0.15, 0.2) is 12.0 Å². The third-order valence-corrected chi connectivity index (χ3v) is 1.77. The maximum Gasteiger partial charge on any atom is 0.158 e. The van der Waals surface area contributed by atoms with Crippen LogP contribution in [0.5, 0.6) is 0 Å². The van der Waals surface area contributed by atoms with E-state index in [2.05, 4.69) is 0 Å². The second-order valence-electron chi connectivity index (χ2n) is 2.56. The molecule has 0 saturated heterocycles. The van der Waals surface area contributed by atoms with E-state index in [-0.39, 0.29) is 5.76 Å². The molecule has 4 heteroatoms. The van der Waals surface area contributed by atoms with Crippen molar-refractivity contribution in [3.63, 3.8) is 0 Å². The van der Waals surface area contributed by atoms with E-state index in [4.69, 9.17) is 14.9 Å². The van der Waals surface area contributed by atoms with Gasteiger partial charge in [-0.05, 0) is 6.42 Å². The molecule has 4 nitrogen and oxygen atoms in total. The number of aliphatic hydroxyl groups is 3. The van der Waals surface area contributed by atoms with Crippen LogP contribution in [0, 0.1) is 0 Å². The molecule has 3 atom stereocenters. The maximum absolute atomic E-state index is 9.23. The average Bonchev–Trinajstić information content (AvgIpc) is 2.01. The van der Waals surface area contributed by atoms with E-state index in [0.717, 1.165) is 6.26 Å². The number of hydrogen-bond donors (Lipinski definition) is 3. The summed E-state index contributed by atoms with van der Waals surface area (Å²) in [5, 5.41) is 27.2. The first-order valence-electron chi connectivity index (χ1n) is 3.57. The lowest BCUT2D eigenvalue weighted by Gasteiger charge is -2.29. The van der Waals surface area contributed by atoms with Crippen LogP contribution < -0.4 is 0 Å². The van der Waals surface area contributed by atoms with Crippen molar-refractivity contribution in [3.8, 4) is 0 Å². The molecular formula is C7H12O4. The van der Waals surface area contributed by atoms with Crippen LogP contribution in [-0.4, -0.2) is 33.6 Å². The van der Waals surface area contributed by atoms with Crippen LogP contribution in [-0.2, 0) is 4.74 Å². The zero-order valence-corrected chi connectivity index (χ0v) is 6.27. The minimum absolute atomic E-state index is 0.317. The van der Waals surface area contributed by atoms with E-state index in [1.165, 1.54) is 0 Å². The van der Waals surface area contributed by atoms with Gasteiger partial charge in [-0.15, -0.1) is 0 Å². The highest BCUT2D eigenvalue weighted by atomic mass is 16.5. The van der Waals surface area contributed by atoms with Crippen LogP contribution in [0.2, 0.25) is 0 Å². The van der Waals surface area contributed by atoms with Gasteiger partial charge in [-0.3, -0.25) is 0 Å². The molecule has 2 unspecified atom stereocenters. The van der Waals surface area contributed by atoms with Crippen LogP contribution in [0.1, 0.15) is 13.3 Å². The molecule has 1 rings (SSSR count). The second kappa shape index (κ2) is 3.11. The fourth-order valence-corrected chi connectivity index (χ4v) is 1.02. The summed E-state index contributed by atoms with van der Waals surface area (Å²) >= 11 is 0. The Morgan fingerprint density at radius 3 is 2.73 bits per heavy atom. The van der Waals surface area contributed by atoms with Gasteiger partial charge < -0.3 is 20.1 Å². The lowest BCUT2D eigenvalue weighted by molar-refractivity contribution is -0.0863. The summed E-state index contributed by atoms with van der Waals surface area (Å²) in [7, 11) is 0. The number of aliphatic hydroxyl groups excluding tert-OH is 3. The van der Waals surface area contributed by atoms with Crippen LogP contribution in [0.3, 0.4) is 0 Å². The topological polar surface area (TPSA) is 69.9 Å². The minimum atomic E-state index is -1.20. The van der Waals surface area contributed by atoms with Gasteiger partial charge in [-0.2, -0.15) is 0 Å². The van der Waals surface area contributed by atoms with Gasteiger partial charge in [0, 0.05) is 0 Å². The molecule has 0 saturated carbocycles. The monoisotopic (exact) mass is 160 g/mol. The smallest absolute Gasteiger partial charge is 0.158 e. The van der Waals surface area contributed by atoms with E-state index < -0.39 is 18.3 Å². The fraction of sp³-hybridized carbons (Fsp3) is 0.714. The molecule has 0 spiro atoms. The largest absolute Gasteiger partial charge is 0.506 e. The molecule has 11 heavy (non-hydrogen) atoms. The first-order chi connectivity index (χ1) is 5.16. The Hall–Kier alpha value is -0.740. The van der Waals surface area contributed by atoms with E-state index in [1.807, 2.05) is 6.92 Å². The van der Waals surface area contributed by atoms with Crippen molar-refractivity contribution < 1.29 is 20.1 Å². The summed E-state index contributed by atoms with van der Waals surface area (Å²) in [6.07, 6.45) is -0.965. The lowest BCUT2D eigenvalue weighted by atomic mass is 10.0. The Morgan fingerprint density at radius 1 is 1.55 bits per heavy atom. The predicted molar refractivity (Wildman–Crippen MR) is 37.9 cm³/mol. The fourth-order valence-electron chi connectivity index (χ4n) is 1.02. The Balaban J connectivity index is 2.68. The molecule has 0 aromatic heterocycles. The van der Waals surface area contributed by atoms with Crippen LogP contribution in [0.4, 0.5) is 0 Å². The SMILES string of the molecule is CCC1OC=C(O)C(O)[C@@H]1O. The van der Waals surface area contributed by atoms with Crippen LogP contribution >= 0.6 is 0 Å². The van der Waals surface area contributed by atoms with E-state index in [1.54, 1.807) is 0 Å². The first-order valence-corrected chi connectivity index (χ1v) is 3.57. The highest BCUT2D eigenvalue weighted by molar-refractivity contribution is 5.03. The second-order valence-corrected chi connectivity index (χ2v) is 2.56. The number of rotatable bonds is 1. The lowest BCUT2D eigenvalue weighted by Crippen LogP contribution is -2.42. The standard InChI is InChI=1S/C7H12O4/c1-2-5-7(10)6(9)4(8)3-11-5/h3,5-10H,2H2,1H3/t5?,6?,7-/m1/s1. The molecule has 0 aromatic rings. The average molecular weight is 160 g/mol. The van der Waals surface area contributed by atoms with Gasteiger partial charge in [0.05, 0.1) is 0 Å². The summed E-state index contributed by atoms with van der Waals surface area (Å²) in [4.78, 5) is 0. The molecule has 3 N–H and O–H groups in total. The highest BCUT2D eigenvalue weighted by Gasteiger charge is 2.32. The number of ether oxygens (including phenoxy) is 1. The molecule has 0 amide bonds. The van der Waals surface area contributed by atoms with Gasteiger partial charge in [0.1, 0.15) is 24.6 Å². The quantitative estimate of drug-likeness (QED) is 0.501. The van der Waals surface area contributed by atoms with Gasteiger partial charge in [0.25, 0.3) is 0 Å². The van der Waals surface area contributed by atoms with Crippen molar-refractivity contribution in [3.05, 3.63) is 12.0 Å². The molecule has 0 aliphatic carbocycles. The van der Waals surface area contributed by atoms with Crippen molar-refractivity contribution >= 4 is 0 Å². The van der Waals surface area contributed by atoms with E-state index >= 15 is 0 Å². The molecule has 1 aliphatic heterocycles. The molecular weight excluding hydrogens is 148 g/mol. The maximum atomic E-state index is 9.23. The third kappa shape index (κ3) is 1.46. The Morgan fingerprint density at radius 2 is 2.18 bits per heavy atom. The normalized spacial score (nSPS) is 37.7. The van der Waals surface area contributed by atoms with Gasteiger partial charge in [-0.25, -0.2) is 0 Å². The summed E-state index contributed by atoms with van der Waals surface area (Å²) < 4.78 is 4.90. The van der Waals surface area contributed by atoms with Crippen molar-refractivity contribution in [1.82, 2.24) is 0 Å². The molecule has 0 aromatic carbocycles. The van der Waals surface area contributed by atoms with E-state index in [9.17, 15) is 5.11 Å². The van der Waals surface area contributed by atoms with Crippen LogP contribution in [0.25, 0.3) is 0 Å². The van der Waals surface area contributed by atoms with Crippen molar-refractivity contribution in [2.24, 2.45) is 0 Å². The van der Waals surface area contributed by atoms with Gasteiger partial charge in [-0.1, -0.05) is 6.92 Å². The summed E-state index contributed by atoms with van der Waals surface area (Å²) in [5.74, 6) is -0.317. The predicted octanol–water partition coefficient (Wildman–Crippen LogP) is -0.0836. The van der Waals surface area contributed by atoms with Gasteiger partial charge in [0.2, 0.25) is 0 Å². The molecule has 64 valence electrons. The molecule has 0 radical (unpaired) electrons. The van der Waals surface area contributed by atoms with Crippen molar-refractivity contribution in [2.45, 2.75) is 31.7 Å². The highest BCUT2D eigenvalue weighted by Crippen LogP contribution is 2.18. The van der Waals surface area contributed by atoms with Gasteiger partial charge in [0.15, 0.2) is 5.76 Å². The first kappa shape index (κ1) is 8.36. The molecule has 0 fully saturated rings. The zero-order valence-electron chi connectivity index (χ0n) is 6.27. The summed E-state index contributed by atoms with van der Waals surface area (Å²) in [6.45, 7) is 1.83. The summed E-state index contributed by atoms with van der Waals surface area (Å²) in [5.41, 5.74) is 0. The Kier molecular flexibility index (Phi) is 2.36. The zero-order chi connectivity index (χ0) is 8.43. The molecule has 0 bridgehead atoms. The van der Waals surface area contributed by atoms with Crippen molar-refractivity contribution in [2.75, 3.05) is 0 Å².